The first kappa shape index (κ1) is 20.2. The molecule has 27 heavy (non-hydrogen) atoms. The maximum atomic E-state index is 13.1. The van der Waals surface area contributed by atoms with Crippen LogP contribution in [0.5, 0.6) is 11.5 Å². The Labute approximate surface area is 155 Å². The molecule has 0 atom stereocenters. The van der Waals surface area contributed by atoms with Crippen molar-refractivity contribution in [1.82, 2.24) is 5.32 Å². The molecule has 2 N–H and O–H groups in total. The van der Waals surface area contributed by atoms with Gasteiger partial charge in [-0.3, -0.25) is 9.59 Å². The van der Waals surface area contributed by atoms with Crippen LogP contribution in [0, 0.1) is 11.6 Å². The third kappa shape index (κ3) is 5.95. The van der Waals surface area contributed by atoms with Crippen molar-refractivity contribution < 1.29 is 27.8 Å². The number of hydrogen-bond acceptors (Lipinski definition) is 4. The molecular weight excluding hydrogens is 358 g/mol. The van der Waals surface area contributed by atoms with Gasteiger partial charge in [0.25, 0.3) is 0 Å². The molecule has 2 aromatic carbocycles. The summed E-state index contributed by atoms with van der Waals surface area (Å²) in [6, 6.07) is 8.39. The second-order valence-electron chi connectivity index (χ2n) is 5.64. The van der Waals surface area contributed by atoms with Crippen LogP contribution in [0.4, 0.5) is 14.5 Å². The van der Waals surface area contributed by atoms with E-state index in [0.717, 1.165) is 17.7 Å². The van der Waals surface area contributed by atoms with Gasteiger partial charge in [-0.05, 0) is 36.2 Å². The lowest BCUT2D eigenvalue weighted by atomic mass is 10.1. The highest BCUT2D eigenvalue weighted by Crippen LogP contribution is 2.27. The van der Waals surface area contributed by atoms with Gasteiger partial charge in [-0.1, -0.05) is 6.07 Å². The van der Waals surface area contributed by atoms with Gasteiger partial charge in [0, 0.05) is 18.3 Å². The van der Waals surface area contributed by atoms with Crippen molar-refractivity contribution in [2.75, 3.05) is 26.1 Å². The zero-order valence-electron chi connectivity index (χ0n) is 15.0. The Bertz CT molecular complexity index is 827. The zero-order valence-corrected chi connectivity index (χ0v) is 15.0. The third-order valence-electron chi connectivity index (χ3n) is 3.71. The molecule has 8 heteroatoms. The van der Waals surface area contributed by atoms with E-state index < -0.39 is 29.9 Å². The molecule has 0 aliphatic carbocycles. The molecule has 0 fully saturated rings. The minimum atomic E-state index is -1.08. The number of methoxy groups -OCH3 is 2. The summed E-state index contributed by atoms with van der Waals surface area (Å²) in [4.78, 5) is 23.6. The molecule has 0 aliphatic heterocycles. The molecule has 0 aromatic heterocycles. The van der Waals surface area contributed by atoms with Gasteiger partial charge < -0.3 is 20.1 Å². The fourth-order valence-corrected chi connectivity index (χ4v) is 2.37. The largest absolute Gasteiger partial charge is 0.493 e. The number of carbonyl (C=O) groups is 2. The zero-order chi connectivity index (χ0) is 19.8. The van der Waals surface area contributed by atoms with Crippen LogP contribution in [-0.2, 0) is 16.0 Å². The molecule has 2 rings (SSSR count). The van der Waals surface area contributed by atoms with Gasteiger partial charge in [-0.2, -0.15) is 0 Å². The Morgan fingerprint density at radius 3 is 2.33 bits per heavy atom. The quantitative estimate of drug-likeness (QED) is 0.693. The SMILES string of the molecule is COc1ccc(CCNC(=O)CC(=O)Nc2ccc(F)c(F)c2)cc1OC. The molecule has 0 saturated heterocycles. The van der Waals surface area contributed by atoms with Gasteiger partial charge in [-0.15, -0.1) is 0 Å². The van der Waals surface area contributed by atoms with Gasteiger partial charge in [0.05, 0.1) is 14.2 Å². The average Bonchev–Trinajstić information content (AvgIpc) is 2.64. The number of ether oxygens (including phenoxy) is 2. The number of hydrogen-bond donors (Lipinski definition) is 2. The highest BCUT2D eigenvalue weighted by Gasteiger charge is 2.11. The van der Waals surface area contributed by atoms with Gasteiger partial charge in [0.15, 0.2) is 23.1 Å². The summed E-state index contributed by atoms with van der Waals surface area (Å²) >= 11 is 0. The van der Waals surface area contributed by atoms with Gasteiger partial charge >= 0.3 is 0 Å². The van der Waals surface area contributed by atoms with Crippen LogP contribution in [0.15, 0.2) is 36.4 Å². The van der Waals surface area contributed by atoms with Crippen LogP contribution in [0.3, 0.4) is 0 Å². The third-order valence-corrected chi connectivity index (χ3v) is 3.71. The molecule has 2 aromatic rings. The molecule has 0 heterocycles. The van der Waals surface area contributed by atoms with Crippen molar-refractivity contribution in [3.8, 4) is 11.5 Å². The van der Waals surface area contributed by atoms with Gasteiger partial charge in [0.1, 0.15) is 6.42 Å². The first-order chi connectivity index (χ1) is 12.9. The molecule has 0 aliphatic rings. The molecule has 0 saturated carbocycles. The van der Waals surface area contributed by atoms with E-state index in [2.05, 4.69) is 10.6 Å². The lowest BCUT2D eigenvalue weighted by molar-refractivity contribution is -0.126. The first-order valence-corrected chi connectivity index (χ1v) is 8.15. The van der Waals surface area contributed by atoms with E-state index in [4.69, 9.17) is 9.47 Å². The van der Waals surface area contributed by atoms with E-state index >= 15 is 0 Å². The highest BCUT2D eigenvalue weighted by molar-refractivity contribution is 6.03. The second-order valence-corrected chi connectivity index (χ2v) is 5.64. The lowest BCUT2D eigenvalue weighted by Crippen LogP contribution is -2.29. The summed E-state index contributed by atoms with van der Waals surface area (Å²) in [5.41, 5.74) is 1.01. The Balaban J connectivity index is 1.78. The standard InChI is InChI=1S/C19H20F2N2O4/c1-26-16-6-3-12(9-17(16)27-2)7-8-22-18(24)11-19(25)23-13-4-5-14(20)15(21)10-13/h3-6,9-10H,7-8,11H2,1-2H3,(H,22,24)(H,23,25). The monoisotopic (exact) mass is 378 g/mol. The van der Waals surface area contributed by atoms with E-state index in [1.165, 1.54) is 13.2 Å². The minimum Gasteiger partial charge on any atom is -0.493 e. The molecule has 144 valence electrons. The Hall–Kier alpha value is -3.16. The number of benzene rings is 2. The Morgan fingerprint density at radius 2 is 1.67 bits per heavy atom. The molecule has 6 nitrogen and oxygen atoms in total. The lowest BCUT2D eigenvalue weighted by Gasteiger charge is -2.10. The molecule has 0 radical (unpaired) electrons. The summed E-state index contributed by atoms with van der Waals surface area (Å²) in [7, 11) is 3.08. The summed E-state index contributed by atoms with van der Waals surface area (Å²) in [6.07, 6.45) is 0.113. The molecule has 0 unspecified atom stereocenters. The second kappa shape index (κ2) is 9.51. The summed E-state index contributed by atoms with van der Waals surface area (Å²) in [6.45, 7) is 0.326. The van der Waals surface area contributed by atoms with E-state index in [-0.39, 0.29) is 5.69 Å². The van der Waals surface area contributed by atoms with Crippen LogP contribution in [0.1, 0.15) is 12.0 Å². The van der Waals surface area contributed by atoms with Crippen molar-refractivity contribution in [3.63, 3.8) is 0 Å². The topological polar surface area (TPSA) is 76.7 Å². The van der Waals surface area contributed by atoms with Crippen molar-refractivity contribution in [1.29, 1.82) is 0 Å². The summed E-state index contributed by atoms with van der Waals surface area (Å²) in [5, 5.41) is 4.97. The maximum Gasteiger partial charge on any atom is 0.233 e. The molecular formula is C19H20F2N2O4. The Morgan fingerprint density at radius 1 is 0.926 bits per heavy atom. The minimum absolute atomic E-state index is 0.0806. The summed E-state index contributed by atoms with van der Waals surface area (Å²) < 4.78 is 36.3. The average molecular weight is 378 g/mol. The highest BCUT2D eigenvalue weighted by atomic mass is 19.2. The number of nitrogens with one attached hydrogen (secondary N) is 2. The van der Waals surface area contributed by atoms with E-state index in [1.807, 2.05) is 6.07 Å². The summed E-state index contributed by atoms with van der Waals surface area (Å²) in [5.74, 6) is -1.99. The normalized spacial score (nSPS) is 10.2. The van der Waals surface area contributed by atoms with Crippen molar-refractivity contribution in [2.24, 2.45) is 0 Å². The van der Waals surface area contributed by atoms with Crippen LogP contribution < -0.4 is 20.1 Å². The fraction of sp³-hybridized carbons (Fsp3) is 0.263. The number of amides is 2. The molecule has 0 spiro atoms. The first-order valence-electron chi connectivity index (χ1n) is 8.15. The van der Waals surface area contributed by atoms with Gasteiger partial charge in [0.2, 0.25) is 11.8 Å². The van der Waals surface area contributed by atoms with Crippen LogP contribution in [0.2, 0.25) is 0 Å². The van der Waals surface area contributed by atoms with Crippen LogP contribution in [0.25, 0.3) is 0 Å². The smallest absolute Gasteiger partial charge is 0.233 e. The van der Waals surface area contributed by atoms with Gasteiger partial charge in [-0.25, -0.2) is 8.78 Å². The maximum absolute atomic E-state index is 13.1. The Kier molecular flexibility index (Phi) is 7.10. The molecule has 0 bridgehead atoms. The molecule has 2 amide bonds. The predicted molar refractivity (Wildman–Crippen MR) is 95.9 cm³/mol. The van der Waals surface area contributed by atoms with E-state index in [1.54, 1.807) is 19.2 Å². The van der Waals surface area contributed by atoms with Crippen LogP contribution in [-0.4, -0.2) is 32.6 Å². The van der Waals surface area contributed by atoms with Crippen molar-refractivity contribution in [2.45, 2.75) is 12.8 Å². The number of anilines is 1. The van der Waals surface area contributed by atoms with Crippen LogP contribution >= 0.6 is 0 Å². The number of carbonyl (C=O) groups excluding carboxylic acids is 2. The van der Waals surface area contributed by atoms with E-state index in [9.17, 15) is 18.4 Å². The number of rotatable bonds is 8. The predicted octanol–water partition coefficient (Wildman–Crippen LogP) is 2.67. The van der Waals surface area contributed by atoms with Crippen molar-refractivity contribution >= 4 is 17.5 Å². The van der Waals surface area contributed by atoms with E-state index in [0.29, 0.717) is 24.5 Å². The van der Waals surface area contributed by atoms with Crippen molar-refractivity contribution in [3.05, 3.63) is 53.6 Å². The number of halogens is 2. The fourth-order valence-electron chi connectivity index (χ4n) is 2.37.